The smallest absolute Gasteiger partial charge is 0.424 e. The van der Waals surface area contributed by atoms with Gasteiger partial charge in [0.2, 0.25) is 0 Å². The van der Waals surface area contributed by atoms with E-state index in [2.05, 4.69) is 13.8 Å². The van der Waals surface area contributed by atoms with Crippen LogP contribution in [0.25, 0.3) is 11.1 Å². The van der Waals surface area contributed by atoms with Gasteiger partial charge in [-0.2, -0.15) is 4.89 Å². The fraction of sp³-hybridized carbons (Fsp3) is 0.297. The van der Waals surface area contributed by atoms with Crippen LogP contribution in [0.3, 0.4) is 0 Å². The molecule has 6 rings (SSSR count). The van der Waals surface area contributed by atoms with E-state index >= 15 is 4.57 Å². The maximum absolute atomic E-state index is 15.0. The molecule has 0 saturated heterocycles. The van der Waals surface area contributed by atoms with Crippen LogP contribution in [0, 0.1) is 23.7 Å². The van der Waals surface area contributed by atoms with Gasteiger partial charge in [0.05, 0.1) is 5.56 Å². The SMILES string of the molecule is CC=C1C(=CC(C)C)OP(=O)(C(=O)c2ccc(C(=O)[P+]3(O)Oc4ccccc4-c4ccccc43)cc2)C(C2C(C)C2C)=C1CC. The van der Waals surface area contributed by atoms with Crippen LogP contribution in [0.15, 0.2) is 107 Å². The van der Waals surface area contributed by atoms with Crippen LogP contribution in [0.1, 0.15) is 68.7 Å². The maximum Gasteiger partial charge on any atom is 0.424 e. The first-order valence-electron chi connectivity index (χ1n) is 15.6. The zero-order valence-corrected chi connectivity index (χ0v) is 28.3. The van der Waals surface area contributed by atoms with Crippen molar-refractivity contribution in [1.82, 2.24) is 0 Å². The van der Waals surface area contributed by atoms with Gasteiger partial charge in [-0.05, 0) is 85.1 Å². The molecule has 8 heteroatoms. The van der Waals surface area contributed by atoms with Crippen molar-refractivity contribution in [1.29, 1.82) is 0 Å². The number of hydrogen-bond donors (Lipinski definition) is 1. The summed E-state index contributed by atoms with van der Waals surface area (Å²) in [5.74, 6) is 1.62. The number of benzene rings is 3. The molecule has 1 fully saturated rings. The molecular formula is C37H39O6P2+. The van der Waals surface area contributed by atoms with E-state index in [1.165, 1.54) is 24.3 Å². The summed E-state index contributed by atoms with van der Waals surface area (Å²) in [4.78, 5) is 40.1. The van der Waals surface area contributed by atoms with Gasteiger partial charge in [0.25, 0.3) is 5.52 Å². The standard InChI is InChI=1S/C37H39O6P2/c1-7-27-28(8-2)35(34-23(5)24(34)6)45(41,43-32(27)21-22(3)4)37(39)26-19-17-25(18-20-26)36(38)44(40)33-16-12-10-14-30(33)29-13-9-11-15-31(29)42-44/h7,9-24,34,40H,8H2,1-6H3/q+1. The number of rotatable bonds is 7. The van der Waals surface area contributed by atoms with Crippen LogP contribution in [-0.4, -0.2) is 15.9 Å². The van der Waals surface area contributed by atoms with Gasteiger partial charge in [-0.3, -0.25) is 9.36 Å². The fourth-order valence-electron chi connectivity index (χ4n) is 6.70. The van der Waals surface area contributed by atoms with Crippen LogP contribution in [-0.2, 0) is 9.09 Å². The normalized spacial score (nSPS) is 28.8. The highest BCUT2D eigenvalue weighted by Crippen LogP contribution is 2.72. The van der Waals surface area contributed by atoms with Gasteiger partial charge in [0.1, 0.15) is 5.76 Å². The second-order valence-corrected chi connectivity index (χ2v) is 16.8. The third kappa shape index (κ3) is 5.08. The third-order valence-corrected chi connectivity index (χ3v) is 14.0. The summed E-state index contributed by atoms with van der Waals surface area (Å²) in [6.45, 7) is 12.3. The molecule has 0 aromatic heterocycles. The van der Waals surface area contributed by atoms with Crippen molar-refractivity contribution in [2.75, 3.05) is 0 Å². The fourth-order valence-corrected chi connectivity index (χ4v) is 11.7. The lowest BCUT2D eigenvalue weighted by atomic mass is 9.97. The second kappa shape index (κ2) is 11.7. The lowest BCUT2D eigenvalue weighted by molar-refractivity contribution is 0.104. The van der Waals surface area contributed by atoms with Crippen molar-refractivity contribution in [2.45, 2.75) is 48.0 Å². The van der Waals surface area contributed by atoms with Gasteiger partial charge in [0.15, 0.2) is 11.1 Å². The molecule has 0 amide bonds. The quantitative estimate of drug-likeness (QED) is 0.259. The molecule has 2 heterocycles. The number of para-hydroxylation sites is 1. The maximum atomic E-state index is 15.0. The van der Waals surface area contributed by atoms with Gasteiger partial charge in [-0.15, -0.1) is 0 Å². The molecule has 4 atom stereocenters. The first kappa shape index (κ1) is 31.4. The zero-order chi connectivity index (χ0) is 32.3. The number of carbonyl (C=O) groups excluding carboxylic acids is 2. The predicted molar refractivity (Wildman–Crippen MR) is 181 cm³/mol. The highest BCUT2D eigenvalue weighted by molar-refractivity contribution is 7.89. The predicted octanol–water partition coefficient (Wildman–Crippen LogP) is 9.55. The van der Waals surface area contributed by atoms with Crippen molar-refractivity contribution in [3.8, 4) is 16.9 Å². The van der Waals surface area contributed by atoms with Crippen molar-refractivity contribution < 1.29 is 28.1 Å². The summed E-state index contributed by atoms with van der Waals surface area (Å²) in [6.07, 6.45) is 4.53. The van der Waals surface area contributed by atoms with Crippen molar-refractivity contribution in [3.05, 3.63) is 118 Å². The molecule has 4 unspecified atom stereocenters. The zero-order valence-electron chi connectivity index (χ0n) is 26.5. The van der Waals surface area contributed by atoms with Crippen molar-refractivity contribution >= 4 is 31.4 Å². The number of fused-ring (bicyclic) bond motifs is 3. The molecule has 1 N–H and O–H groups in total. The van der Waals surface area contributed by atoms with Crippen LogP contribution in [0.2, 0.25) is 0 Å². The Kier molecular flexibility index (Phi) is 8.14. The number of allylic oxidation sites excluding steroid dienone is 4. The lowest BCUT2D eigenvalue weighted by Gasteiger charge is -2.33. The number of hydrogen-bond acceptors (Lipinski definition) is 6. The summed E-state index contributed by atoms with van der Waals surface area (Å²) >= 11 is 0. The second-order valence-electron chi connectivity index (χ2n) is 12.4. The molecule has 0 radical (unpaired) electrons. The molecule has 0 spiro atoms. The topological polar surface area (TPSA) is 89.9 Å². The van der Waals surface area contributed by atoms with Gasteiger partial charge in [-0.1, -0.05) is 77.1 Å². The third-order valence-electron chi connectivity index (χ3n) is 9.27. The van der Waals surface area contributed by atoms with E-state index in [9.17, 15) is 14.5 Å². The van der Waals surface area contributed by atoms with Gasteiger partial charge in [0, 0.05) is 27.6 Å². The van der Waals surface area contributed by atoms with E-state index < -0.39 is 26.1 Å². The van der Waals surface area contributed by atoms with Gasteiger partial charge < -0.3 is 9.05 Å². The summed E-state index contributed by atoms with van der Waals surface area (Å²) in [5.41, 5.74) is 2.65. The Bertz CT molecular complexity index is 1840. The van der Waals surface area contributed by atoms with E-state index in [1.54, 1.807) is 24.3 Å². The molecule has 45 heavy (non-hydrogen) atoms. The lowest BCUT2D eigenvalue weighted by Crippen LogP contribution is -2.28. The minimum absolute atomic E-state index is 0.00317. The Morgan fingerprint density at radius 3 is 2.13 bits per heavy atom. The monoisotopic (exact) mass is 641 g/mol. The molecule has 3 aliphatic rings. The van der Waals surface area contributed by atoms with Crippen LogP contribution < -0.4 is 9.83 Å². The summed E-state index contributed by atoms with van der Waals surface area (Å²) in [5, 5.41) is 1.09. The van der Waals surface area contributed by atoms with E-state index in [0.717, 1.165) is 22.3 Å². The summed E-state index contributed by atoms with van der Waals surface area (Å²) in [7, 11) is -7.79. The van der Waals surface area contributed by atoms with E-state index in [-0.39, 0.29) is 34.8 Å². The van der Waals surface area contributed by atoms with Gasteiger partial charge in [-0.25, -0.2) is 4.79 Å². The van der Waals surface area contributed by atoms with Crippen molar-refractivity contribution in [3.63, 3.8) is 0 Å². The van der Waals surface area contributed by atoms with Gasteiger partial charge >= 0.3 is 20.6 Å². The number of carbonyl (C=O) groups is 2. The molecular weight excluding hydrogens is 602 g/mol. The first-order chi connectivity index (χ1) is 21.5. The summed E-state index contributed by atoms with van der Waals surface area (Å²) < 4.78 is 27.4. The average Bonchev–Trinajstić information content (AvgIpc) is 3.63. The molecule has 2 aliphatic heterocycles. The Hall–Kier alpha value is -3.56. The molecule has 1 aliphatic carbocycles. The van der Waals surface area contributed by atoms with Crippen molar-refractivity contribution in [2.24, 2.45) is 23.7 Å². The average molecular weight is 642 g/mol. The molecule has 0 bridgehead atoms. The Labute approximate surface area is 265 Å². The Morgan fingerprint density at radius 1 is 0.933 bits per heavy atom. The molecule has 3 aromatic carbocycles. The molecule has 1 saturated carbocycles. The summed E-state index contributed by atoms with van der Waals surface area (Å²) in [6, 6.07) is 20.6. The van der Waals surface area contributed by atoms with E-state index in [0.29, 0.717) is 28.5 Å². The Balaban J connectivity index is 1.38. The van der Waals surface area contributed by atoms with E-state index in [1.807, 2.05) is 64.1 Å². The minimum Gasteiger partial charge on any atom is -0.435 e. The largest absolute Gasteiger partial charge is 0.435 e. The highest BCUT2D eigenvalue weighted by Gasteiger charge is 2.59. The van der Waals surface area contributed by atoms with E-state index in [4.69, 9.17) is 9.05 Å². The Morgan fingerprint density at radius 2 is 1.53 bits per heavy atom. The minimum atomic E-state index is -4.02. The van der Waals surface area contributed by atoms with Crippen LogP contribution >= 0.6 is 15.1 Å². The highest BCUT2D eigenvalue weighted by atomic mass is 31.2. The molecule has 232 valence electrons. The molecule has 6 nitrogen and oxygen atoms in total. The first-order valence-corrected chi connectivity index (χ1v) is 18.9. The van der Waals surface area contributed by atoms with Crippen LogP contribution in [0.4, 0.5) is 0 Å². The molecule has 3 aromatic rings. The van der Waals surface area contributed by atoms with Crippen LogP contribution in [0.5, 0.6) is 5.75 Å².